The summed E-state index contributed by atoms with van der Waals surface area (Å²) in [6.07, 6.45) is 0. The number of carbonyl (C=O) groups is 3. The first-order valence-corrected chi connectivity index (χ1v) is 9.57. The summed E-state index contributed by atoms with van der Waals surface area (Å²) >= 11 is 0. The molecule has 0 saturated heterocycles. The lowest BCUT2D eigenvalue weighted by Gasteiger charge is -2.33. The van der Waals surface area contributed by atoms with Gasteiger partial charge in [0.2, 0.25) is 5.91 Å². The quantitative estimate of drug-likeness (QED) is 0.603. The van der Waals surface area contributed by atoms with Crippen LogP contribution in [0.3, 0.4) is 0 Å². The minimum absolute atomic E-state index is 0.133. The maximum Gasteiger partial charge on any atom is 0.336 e. The van der Waals surface area contributed by atoms with Gasteiger partial charge in [-0.2, -0.15) is 0 Å². The molecule has 1 heterocycles. The molecule has 0 saturated carbocycles. The number of amides is 1. The highest BCUT2D eigenvalue weighted by molar-refractivity contribution is 6.11. The summed E-state index contributed by atoms with van der Waals surface area (Å²) in [7, 11) is 0. The highest BCUT2D eigenvalue weighted by Crippen LogP contribution is 2.40. The Labute approximate surface area is 169 Å². The van der Waals surface area contributed by atoms with Crippen molar-refractivity contribution in [3.8, 4) is 0 Å². The standard InChI is InChI=1S/C23H23NO5/c1-3-28-22(26)18-17(15-11-7-5-8-12-15)19(23(27)29-4-2)21(25)24-20(18)16-13-9-6-10-14-16/h5-14,17,19H,3-4H2,1-2H3,(H,24,25)/t17-,19+/m1/s1. The van der Waals surface area contributed by atoms with Crippen molar-refractivity contribution in [3.05, 3.63) is 77.4 Å². The first-order chi connectivity index (χ1) is 14.1. The fraction of sp³-hybridized carbons (Fsp3) is 0.261. The summed E-state index contributed by atoms with van der Waals surface area (Å²) in [5, 5.41) is 2.75. The summed E-state index contributed by atoms with van der Waals surface area (Å²) in [4.78, 5) is 38.7. The molecule has 0 aliphatic carbocycles. The largest absolute Gasteiger partial charge is 0.465 e. The van der Waals surface area contributed by atoms with Crippen LogP contribution in [0.15, 0.2) is 66.2 Å². The van der Waals surface area contributed by atoms with Crippen LogP contribution in [0.4, 0.5) is 0 Å². The van der Waals surface area contributed by atoms with Crippen LogP contribution in [0.2, 0.25) is 0 Å². The lowest BCUT2D eigenvalue weighted by atomic mass is 9.75. The van der Waals surface area contributed by atoms with Crippen LogP contribution in [-0.2, 0) is 23.9 Å². The van der Waals surface area contributed by atoms with Crippen LogP contribution in [0.5, 0.6) is 0 Å². The van der Waals surface area contributed by atoms with E-state index in [2.05, 4.69) is 5.32 Å². The molecule has 29 heavy (non-hydrogen) atoms. The van der Waals surface area contributed by atoms with Gasteiger partial charge in [0, 0.05) is 5.92 Å². The molecule has 6 nitrogen and oxygen atoms in total. The minimum atomic E-state index is -1.19. The average Bonchev–Trinajstić information content (AvgIpc) is 2.74. The van der Waals surface area contributed by atoms with E-state index in [1.165, 1.54) is 0 Å². The van der Waals surface area contributed by atoms with Crippen molar-refractivity contribution in [2.75, 3.05) is 13.2 Å². The number of esters is 2. The molecule has 2 aromatic rings. The lowest BCUT2D eigenvalue weighted by molar-refractivity contribution is -0.153. The predicted molar refractivity (Wildman–Crippen MR) is 107 cm³/mol. The van der Waals surface area contributed by atoms with Crippen LogP contribution in [0.1, 0.15) is 30.9 Å². The van der Waals surface area contributed by atoms with E-state index >= 15 is 0 Å². The topological polar surface area (TPSA) is 81.7 Å². The van der Waals surface area contributed by atoms with Crippen molar-refractivity contribution >= 4 is 23.5 Å². The van der Waals surface area contributed by atoms with Crippen molar-refractivity contribution in [1.82, 2.24) is 5.32 Å². The van der Waals surface area contributed by atoms with Gasteiger partial charge in [-0.25, -0.2) is 4.79 Å². The molecule has 6 heteroatoms. The Bertz CT molecular complexity index is 921. The van der Waals surface area contributed by atoms with Gasteiger partial charge in [-0.15, -0.1) is 0 Å². The molecule has 0 bridgehead atoms. The zero-order valence-corrected chi connectivity index (χ0v) is 16.4. The van der Waals surface area contributed by atoms with Gasteiger partial charge in [0.25, 0.3) is 0 Å². The molecule has 2 aromatic carbocycles. The maximum absolute atomic E-state index is 13.0. The Morgan fingerprint density at radius 2 is 1.48 bits per heavy atom. The Balaban J connectivity index is 2.26. The van der Waals surface area contributed by atoms with Crippen molar-refractivity contribution < 1.29 is 23.9 Å². The average molecular weight is 393 g/mol. The molecule has 0 fully saturated rings. The Hall–Kier alpha value is -3.41. The third kappa shape index (κ3) is 4.21. The van der Waals surface area contributed by atoms with Crippen LogP contribution >= 0.6 is 0 Å². The highest BCUT2D eigenvalue weighted by Gasteiger charge is 2.46. The summed E-state index contributed by atoms with van der Waals surface area (Å²) in [6.45, 7) is 3.69. The number of ether oxygens (including phenoxy) is 2. The monoisotopic (exact) mass is 393 g/mol. The SMILES string of the molecule is CCOC(=O)C1=C(c2ccccc2)NC(=O)[C@@H](C(=O)OCC)[C@@H]1c1ccccc1. The van der Waals surface area contributed by atoms with E-state index < -0.39 is 29.7 Å². The number of hydrogen-bond donors (Lipinski definition) is 1. The van der Waals surface area contributed by atoms with Gasteiger partial charge in [0.15, 0.2) is 0 Å². The fourth-order valence-electron chi connectivity index (χ4n) is 3.51. The first kappa shape index (κ1) is 20.3. The van der Waals surface area contributed by atoms with E-state index in [0.717, 1.165) is 0 Å². The molecular weight excluding hydrogens is 370 g/mol. The van der Waals surface area contributed by atoms with Gasteiger partial charge in [-0.05, 0) is 25.0 Å². The normalized spacial score (nSPS) is 18.8. The van der Waals surface area contributed by atoms with E-state index in [1.807, 2.05) is 24.3 Å². The molecule has 1 N–H and O–H groups in total. The second-order valence-electron chi connectivity index (χ2n) is 6.48. The highest BCUT2D eigenvalue weighted by atomic mass is 16.5. The molecule has 0 spiro atoms. The smallest absolute Gasteiger partial charge is 0.336 e. The fourth-order valence-corrected chi connectivity index (χ4v) is 3.51. The molecule has 3 rings (SSSR count). The summed E-state index contributed by atoms with van der Waals surface area (Å²) in [5.41, 5.74) is 1.91. The van der Waals surface area contributed by atoms with Gasteiger partial charge in [-0.3, -0.25) is 9.59 Å². The number of rotatable bonds is 6. The molecule has 0 unspecified atom stereocenters. The summed E-state index contributed by atoms with van der Waals surface area (Å²) in [5.74, 6) is -3.77. The second kappa shape index (κ2) is 9.19. The Morgan fingerprint density at radius 3 is 2.07 bits per heavy atom. The first-order valence-electron chi connectivity index (χ1n) is 9.57. The maximum atomic E-state index is 13.0. The van der Waals surface area contributed by atoms with Crippen molar-refractivity contribution in [2.24, 2.45) is 5.92 Å². The van der Waals surface area contributed by atoms with Gasteiger partial charge < -0.3 is 14.8 Å². The second-order valence-corrected chi connectivity index (χ2v) is 6.48. The van der Waals surface area contributed by atoms with Crippen molar-refractivity contribution in [3.63, 3.8) is 0 Å². The number of nitrogens with one attached hydrogen (secondary N) is 1. The molecular formula is C23H23NO5. The van der Waals surface area contributed by atoms with Crippen molar-refractivity contribution in [2.45, 2.75) is 19.8 Å². The Morgan fingerprint density at radius 1 is 0.897 bits per heavy atom. The van der Waals surface area contributed by atoms with E-state index in [1.54, 1.807) is 50.2 Å². The number of carbonyl (C=O) groups excluding carboxylic acids is 3. The van der Waals surface area contributed by atoms with Crippen LogP contribution < -0.4 is 5.32 Å². The molecule has 1 amide bonds. The molecule has 0 radical (unpaired) electrons. The van der Waals surface area contributed by atoms with Gasteiger partial charge in [-0.1, -0.05) is 60.7 Å². The minimum Gasteiger partial charge on any atom is -0.465 e. The lowest BCUT2D eigenvalue weighted by Crippen LogP contribution is -2.46. The third-order valence-corrected chi connectivity index (χ3v) is 4.70. The van der Waals surface area contributed by atoms with Gasteiger partial charge in [0.1, 0.15) is 5.92 Å². The van der Waals surface area contributed by atoms with Crippen LogP contribution in [0, 0.1) is 5.92 Å². The summed E-state index contributed by atoms with van der Waals surface area (Å²) in [6, 6.07) is 18.1. The predicted octanol–water partition coefficient (Wildman–Crippen LogP) is 3.05. The van der Waals surface area contributed by atoms with E-state index in [9.17, 15) is 14.4 Å². The van der Waals surface area contributed by atoms with Crippen LogP contribution in [-0.4, -0.2) is 31.1 Å². The summed E-state index contributed by atoms with van der Waals surface area (Å²) < 4.78 is 10.5. The molecule has 1 aliphatic rings. The van der Waals surface area contributed by atoms with Crippen molar-refractivity contribution in [1.29, 1.82) is 0 Å². The van der Waals surface area contributed by atoms with E-state index in [4.69, 9.17) is 9.47 Å². The van der Waals surface area contributed by atoms with E-state index in [-0.39, 0.29) is 18.8 Å². The molecule has 2 atom stereocenters. The third-order valence-electron chi connectivity index (χ3n) is 4.70. The Kier molecular flexibility index (Phi) is 6.44. The van der Waals surface area contributed by atoms with Gasteiger partial charge in [0.05, 0.1) is 24.5 Å². The van der Waals surface area contributed by atoms with E-state index in [0.29, 0.717) is 16.8 Å². The zero-order valence-electron chi connectivity index (χ0n) is 16.4. The molecule has 0 aromatic heterocycles. The number of hydrogen-bond acceptors (Lipinski definition) is 5. The molecule has 1 aliphatic heterocycles. The van der Waals surface area contributed by atoms with Crippen LogP contribution in [0.25, 0.3) is 5.70 Å². The van der Waals surface area contributed by atoms with Gasteiger partial charge >= 0.3 is 11.9 Å². The number of benzene rings is 2. The zero-order chi connectivity index (χ0) is 20.8. The molecule has 150 valence electrons.